The van der Waals surface area contributed by atoms with Crippen LogP contribution >= 0.6 is 0 Å². The number of nitrogens with zero attached hydrogens (tertiary/aromatic N) is 2. The largest absolute Gasteiger partial charge is 0.351 e. The first-order chi connectivity index (χ1) is 10.9. The van der Waals surface area contributed by atoms with Gasteiger partial charge in [-0.25, -0.2) is 13.2 Å². The minimum atomic E-state index is -3.53. The molecule has 1 saturated heterocycles. The van der Waals surface area contributed by atoms with E-state index in [2.05, 4.69) is 13.8 Å². The fourth-order valence-corrected chi connectivity index (χ4v) is 4.18. The molecular formula is C16H25N3O3S. The number of primary amides is 1. The Labute approximate surface area is 138 Å². The van der Waals surface area contributed by atoms with E-state index in [9.17, 15) is 13.2 Å². The molecule has 1 fully saturated rings. The highest BCUT2D eigenvalue weighted by Crippen LogP contribution is 2.23. The van der Waals surface area contributed by atoms with E-state index in [0.29, 0.717) is 36.9 Å². The summed E-state index contributed by atoms with van der Waals surface area (Å²) in [6.45, 7) is 5.74. The summed E-state index contributed by atoms with van der Waals surface area (Å²) >= 11 is 0. The molecule has 0 saturated carbocycles. The predicted molar refractivity (Wildman–Crippen MR) is 89.7 cm³/mol. The minimum Gasteiger partial charge on any atom is -0.351 e. The highest BCUT2D eigenvalue weighted by Gasteiger charge is 2.27. The zero-order chi connectivity index (χ0) is 17.0. The van der Waals surface area contributed by atoms with Crippen molar-refractivity contribution in [2.45, 2.75) is 37.5 Å². The summed E-state index contributed by atoms with van der Waals surface area (Å²) in [4.78, 5) is 13.0. The monoisotopic (exact) mass is 339 g/mol. The molecule has 128 valence electrons. The van der Waals surface area contributed by atoms with Crippen LogP contribution in [0, 0.1) is 0 Å². The van der Waals surface area contributed by atoms with Gasteiger partial charge in [-0.15, -0.1) is 0 Å². The van der Waals surface area contributed by atoms with E-state index in [4.69, 9.17) is 5.73 Å². The second-order valence-electron chi connectivity index (χ2n) is 5.96. The molecule has 1 aromatic carbocycles. The average molecular weight is 339 g/mol. The molecule has 1 heterocycles. The van der Waals surface area contributed by atoms with E-state index >= 15 is 0 Å². The van der Waals surface area contributed by atoms with Gasteiger partial charge >= 0.3 is 6.03 Å². The predicted octanol–water partition coefficient (Wildman–Crippen LogP) is 1.98. The van der Waals surface area contributed by atoms with Crippen LogP contribution in [0.5, 0.6) is 0 Å². The number of hydrogen-bond donors (Lipinski definition) is 1. The normalized spacial score (nSPS) is 18.4. The van der Waals surface area contributed by atoms with Gasteiger partial charge in [0.25, 0.3) is 0 Å². The van der Waals surface area contributed by atoms with Crippen LogP contribution in [0.3, 0.4) is 0 Å². The molecule has 1 aliphatic rings. The zero-order valence-electron chi connectivity index (χ0n) is 13.7. The molecule has 0 aromatic heterocycles. The molecule has 2 N–H and O–H groups in total. The zero-order valence-corrected chi connectivity index (χ0v) is 14.6. The van der Waals surface area contributed by atoms with Crippen molar-refractivity contribution in [2.24, 2.45) is 5.73 Å². The fraction of sp³-hybridized carbons (Fsp3) is 0.562. The SMILES string of the molecule is CCC(C)c1ccc(S(=O)(=O)N2CCCN(C(N)=O)CC2)cc1. The highest BCUT2D eigenvalue weighted by atomic mass is 32.2. The van der Waals surface area contributed by atoms with E-state index in [1.54, 1.807) is 12.1 Å². The quantitative estimate of drug-likeness (QED) is 0.910. The van der Waals surface area contributed by atoms with Gasteiger partial charge in [0.15, 0.2) is 0 Å². The molecule has 1 aliphatic heterocycles. The van der Waals surface area contributed by atoms with Crippen molar-refractivity contribution >= 4 is 16.1 Å². The van der Waals surface area contributed by atoms with Crippen molar-refractivity contribution in [1.82, 2.24) is 9.21 Å². The summed E-state index contributed by atoms with van der Waals surface area (Å²) in [5, 5.41) is 0. The molecule has 0 radical (unpaired) electrons. The lowest BCUT2D eigenvalue weighted by Crippen LogP contribution is -2.39. The molecule has 2 amide bonds. The Balaban J connectivity index is 2.16. The van der Waals surface area contributed by atoms with E-state index in [0.717, 1.165) is 12.0 Å². The molecular weight excluding hydrogens is 314 g/mol. The smallest absolute Gasteiger partial charge is 0.314 e. The number of carbonyl (C=O) groups excluding carboxylic acids is 1. The van der Waals surface area contributed by atoms with Crippen molar-refractivity contribution in [3.05, 3.63) is 29.8 Å². The Kier molecular flexibility index (Phi) is 5.64. The highest BCUT2D eigenvalue weighted by molar-refractivity contribution is 7.89. The van der Waals surface area contributed by atoms with Gasteiger partial charge in [0.05, 0.1) is 4.90 Å². The van der Waals surface area contributed by atoms with Crippen LogP contribution in [0.1, 0.15) is 38.2 Å². The third-order valence-electron chi connectivity index (χ3n) is 4.47. The lowest BCUT2D eigenvalue weighted by molar-refractivity contribution is 0.210. The summed E-state index contributed by atoms with van der Waals surface area (Å²) in [5.41, 5.74) is 6.42. The van der Waals surface area contributed by atoms with Gasteiger partial charge in [-0.1, -0.05) is 26.0 Å². The topological polar surface area (TPSA) is 83.7 Å². The van der Waals surface area contributed by atoms with Crippen molar-refractivity contribution in [1.29, 1.82) is 0 Å². The van der Waals surface area contributed by atoms with Crippen molar-refractivity contribution in [3.63, 3.8) is 0 Å². The lowest BCUT2D eigenvalue weighted by Gasteiger charge is -2.21. The van der Waals surface area contributed by atoms with Crippen LogP contribution < -0.4 is 5.73 Å². The Hall–Kier alpha value is -1.60. The molecule has 7 heteroatoms. The van der Waals surface area contributed by atoms with E-state index in [-0.39, 0.29) is 6.54 Å². The minimum absolute atomic E-state index is 0.276. The van der Waals surface area contributed by atoms with E-state index in [1.165, 1.54) is 9.21 Å². The van der Waals surface area contributed by atoms with Gasteiger partial charge in [-0.3, -0.25) is 0 Å². The number of nitrogens with two attached hydrogens (primary N) is 1. The van der Waals surface area contributed by atoms with Crippen molar-refractivity contribution < 1.29 is 13.2 Å². The number of urea groups is 1. The third-order valence-corrected chi connectivity index (χ3v) is 6.38. The summed E-state index contributed by atoms with van der Waals surface area (Å²) in [6, 6.07) is 6.62. The van der Waals surface area contributed by atoms with Gasteiger partial charge in [-0.05, 0) is 36.5 Å². The molecule has 0 aliphatic carbocycles. The van der Waals surface area contributed by atoms with Crippen LogP contribution in [0.15, 0.2) is 29.2 Å². The molecule has 23 heavy (non-hydrogen) atoms. The first-order valence-corrected chi connectivity index (χ1v) is 9.44. The molecule has 1 unspecified atom stereocenters. The number of benzene rings is 1. The number of sulfonamides is 1. The summed E-state index contributed by atoms with van der Waals surface area (Å²) in [7, 11) is -3.53. The van der Waals surface area contributed by atoms with Gasteiger partial charge in [-0.2, -0.15) is 4.31 Å². The van der Waals surface area contributed by atoms with Crippen molar-refractivity contribution in [2.75, 3.05) is 26.2 Å². The molecule has 2 rings (SSSR count). The molecule has 1 aromatic rings. The Morgan fingerprint density at radius 1 is 1.17 bits per heavy atom. The maximum absolute atomic E-state index is 12.8. The molecule has 6 nitrogen and oxygen atoms in total. The average Bonchev–Trinajstić information content (AvgIpc) is 2.81. The number of amides is 2. The van der Waals surface area contributed by atoms with Crippen LogP contribution in [-0.4, -0.2) is 49.8 Å². The standard InChI is InChI=1S/C16H25N3O3S/c1-3-13(2)14-5-7-15(8-6-14)23(21,22)19-10-4-9-18(11-12-19)16(17)20/h5-8,13H,3-4,9-12H2,1-2H3,(H2,17,20). The van der Waals surface area contributed by atoms with Crippen LogP contribution in [0.2, 0.25) is 0 Å². The first kappa shape index (κ1) is 17.7. The van der Waals surface area contributed by atoms with E-state index in [1.807, 2.05) is 12.1 Å². The maximum Gasteiger partial charge on any atom is 0.314 e. The summed E-state index contributed by atoms with van der Waals surface area (Å²) in [5.74, 6) is 0.411. The first-order valence-electron chi connectivity index (χ1n) is 8.00. The van der Waals surface area contributed by atoms with Gasteiger partial charge in [0, 0.05) is 26.2 Å². The second kappa shape index (κ2) is 7.31. The van der Waals surface area contributed by atoms with Gasteiger partial charge in [0.1, 0.15) is 0 Å². The number of rotatable bonds is 4. The Morgan fingerprint density at radius 2 is 1.83 bits per heavy atom. The number of carbonyl (C=O) groups is 1. The fourth-order valence-electron chi connectivity index (χ4n) is 2.71. The summed E-state index contributed by atoms with van der Waals surface area (Å²) in [6.07, 6.45) is 1.61. The third kappa shape index (κ3) is 4.03. The van der Waals surface area contributed by atoms with Crippen molar-refractivity contribution in [3.8, 4) is 0 Å². The molecule has 1 atom stereocenters. The van der Waals surface area contributed by atoms with Crippen LogP contribution in [0.25, 0.3) is 0 Å². The second-order valence-corrected chi connectivity index (χ2v) is 7.90. The Bertz CT molecular complexity index is 643. The lowest BCUT2D eigenvalue weighted by atomic mass is 9.99. The molecule has 0 spiro atoms. The van der Waals surface area contributed by atoms with Gasteiger partial charge in [0.2, 0.25) is 10.0 Å². The summed E-state index contributed by atoms with van der Waals surface area (Å²) < 4.78 is 27.0. The maximum atomic E-state index is 12.8. The Morgan fingerprint density at radius 3 is 2.39 bits per heavy atom. The molecule has 0 bridgehead atoms. The van der Waals surface area contributed by atoms with E-state index < -0.39 is 16.1 Å². The van der Waals surface area contributed by atoms with Crippen LogP contribution in [-0.2, 0) is 10.0 Å². The van der Waals surface area contributed by atoms with Gasteiger partial charge < -0.3 is 10.6 Å². The van der Waals surface area contributed by atoms with Crippen LogP contribution in [0.4, 0.5) is 4.79 Å². The number of hydrogen-bond acceptors (Lipinski definition) is 3.